The number of nitrogens with one attached hydrogen (secondary N) is 2. The minimum absolute atomic E-state index is 0.0638. The number of nitrogens with zero attached hydrogens (tertiary/aromatic N) is 4. The van der Waals surface area contributed by atoms with Gasteiger partial charge in [-0.3, -0.25) is 29.1 Å². The number of carbonyl (C=O) groups excluding carboxylic acids is 2. The van der Waals surface area contributed by atoms with Crippen LogP contribution in [0.15, 0.2) is 63.9 Å². The molecule has 1 atom stereocenters. The molecule has 1 unspecified atom stereocenters. The average Bonchev–Trinajstić information content (AvgIpc) is 3.25. The van der Waals surface area contributed by atoms with Crippen molar-refractivity contribution in [2.75, 3.05) is 10.2 Å². The molecule has 1 aliphatic heterocycles. The van der Waals surface area contributed by atoms with Crippen LogP contribution >= 0.6 is 12.2 Å². The zero-order valence-electron chi connectivity index (χ0n) is 17.8. The van der Waals surface area contributed by atoms with Gasteiger partial charge in [0.25, 0.3) is 11.6 Å². The van der Waals surface area contributed by atoms with Crippen LogP contribution in [-0.4, -0.2) is 38.1 Å². The summed E-state index contributed by atoms with van der Waals surface area (Å²) in [4.78, 5) is 51.3. The smallest absolute Gasteiger partial charge is 0.326 e. The lowest BCUT2D eigenvalue weighted by molar-refractivity contribution is -0.746. The van der Waals surface area contributed by atoms with Crippen molar-refractivity contribution < 1.29 is 23.7 Å². The molecule has 0 aliphatic carbocycles. The van der Waals surface area contributed by atoms with Crippen LogP contribution in [0.1, 0.15) is 12.1 Å². The molecular weight excluding hydrogens is 464 g/mol. The van der Waals surface area contributed by atoms with Gasteiger partial charge in [-0.1, -0.05) is 22.9 Å². The summed E-state index contributed by atoms with van der Waals surface area (Å²) in [5.74, 6) is -0.919. The predicted octanol–water partition coefficient (Wildman–Crippen LogP) is 1.23. The number of aryl methyl sites for hydroxylation is 1. The number of H-pyrrole nitrogens is 1. The fourth-order valence-corrected chi connectivity index (χ4v) is 3.96. The van der Waals surface area contributed by atoms with Crippen molar-refractivity contribution in [3.05, 3.63) is 80.8 Å². The molecule has 2 aromatic carbocycles. The Balaban J connectivity index is 1.59. The highest BCUT2D eigenvalue weighted by molar-refractivity contribution is 7.80. The first-order valence-electron chi connectivity index (χ1n) is 10.1. The van der Waals surface area contributed by atoms with Gasteiger partial charge in [0.1, 0.15) is 12.6 Å². The molecule has 1 saturated heterocycles. The number of anilines is 2. The summed E-state index contributed by atoms with van der Waals surface area (Å²) < 4.78 is 6.16. The molecule has 3 aromatic rings. The quantitative estimate of drug-likeness (QED) is 0.221. The molecule has 174 valence electrons. The first-order chi connectivity index (χ1) is 16.3. The predicted molar refractivity (Wildman–Crippen MR) is 123 cm³/mol. The number of carbonyl (C=O) groups is 2. The van der Waals surface area contributed by atoms with Crippen molar-refractivity contribution in [3.8, 4) is 0 Å². The molecule has 1 aromatic heterocycles. The highest BCUT2D eigenvalue weighted by atomic mass is 32.1. The van der Waals surface area contributed by atoms with E-state index >= 15 is 0 Å². The van der Waals surface area contributed by atoms with Crippen LogP contribution in [-0.2, 0) is 23.2 Å². The summed E-state index contributed by atoms with van der Waals surface area (Å²) in [6.07, 6.45) is -0.265. The number of hydrogen-bond donors (Lipinski definition) is 2. The van der Waals surface area contributed by atoms with Gasteiger partial charge in [-0.05, 0) is 41.8 Å². The van der Waals surface area contributed by atoms with Crippen LogP contribution in [0.3, 0.4) is 0 Å². The molecule has 34 heavy (non-hydrogen) atoms. The Morgan fingerprint density at radius 3 is 2.47 bits per heavy atom. The maximum absolute atomic E-state index is 13.4. The second-order valence-corrected chi connectivity index (χ2v) is 7.84. The lowest BCUT2D eigenvalue weighted by atomic mass is 10.1. The van der Waals surface area contributed by atoms with E-state index in [0.717, 1.165) is 0 Å². The molecule has 0 radical (unpaired) electrons. The van der Waals surface area contributed by atoms with E-state index in [-0.39, 0.29) is 29.5 Å². The monoisotopic (exact) mass is 483 g/mol. The fraction of sp³-hybridized carbons (Fsp3) is 0.190. The molecule has 13 heteroatoms. The number of aromatic nitrogens is 2. The maximum Gasteiger partial charge on any atom is 0.431 e. The summed E-state index contributed by atoms with van der Waals surface area (Å²) >= 11 is 5.56. The number of amides is 2. The van der Waals surface area contributed by atoms with E-state index in [9.17, 15) is 24.5 Å². The van der Waals surface area contributed by atoms with Gasteiger partial charge in [0.2, 0.25) is 5.91 Å². The van der Waals surface area contributed by atoms with Gasteiger partial charge in [-0.25, -0.2) is 4.79 Å². The third kappa shape index (κ3) is 4.41. The molecule has 0 bridgehead atoms. The maximum atomic E-state index is 13.4. The van der Waals surface area contributed by atoms with Gasteiger partial charge < -0.3 is 10.2 Å². The molecule has 1 aliphatic rings. The third-order valence-corrected chi connectivity index (χ3v) is 5.73. The zero-order chi connectivity index (χ0) is 24.4. The van der Waals surface area contributed by atoms with Gasteiger partial charge in [0, 0.05) is 17.8 Å². The van der Waals surface area contributed by atoms with Crippen LogP contribution in [0.2, 0.25) is 0 Å². The first-order valence-corrected chi connectivity index (χ1v) is 10.5. The van der Waals surface area contributed by atoms with E-state index in [1.165, 1.54) is 38.7 Å². The minimum atomic E-state index is -0.986. The van der Waals surface area contributed by atoms with Crippen molar-refractivity contribution in [2.45, 2.75) is 19.0 Å². The summed E-state index contributed by atoms with van der Waals surface area (Å²) in [6.45, 7) is -0.0638. The van der Waals surface area contributed by atoms with Crippen LogP contribution < -0.4 is 20.5 Å². The molecular formula is C21H19N6O6S+. The lowest BCUT2D eigenvalue weighted by Crippen LogP contribution is -2.44. The van der Waals surface area contributed by atoms with E-state index < -0.39 is 28.4 Å². The van der Waals surface area contributed by atoms with Gasteiger partial charge in [-0.2, -0.15) is 0 Å². The number of hydrogen-bond acceptors (Lipinski definition) is 7. The average molecular weight is 483 g/mol. The first kappa shape index (κ1) is 22.8. The van der Waals surface area contributed by atoms with Gasteiger partial charge >= 0.3 is 11.3 Å². The SMILES string of the molecule is C[n+]1[nH]oc(=O)c1CN1C(=S)N(c2ccccc2)C(=O)C1CC(=O)Nc1ccc([N+](=O)[O-])cc1. The molecule has 0 saturated carbocycles. The Kier molecular flexibility index (Phi) is 6.19. The van der Waals surface area contributed by atoms with Crippen LogP contribution in [0.4, 0.5) is 17.1 Å². The number of nitro groups is 1. The van der Waals surface area contributed by atoms with Gasteiger partial charge in [0.15, 0.2) is 12.2 Å². The summed E-state index contributed by atoms with van der Waals surface area (Å²) in [7, 11) is 1.58. The standard InChI is InChI=1S/C21H18N6O6S/c1-24-17(20(30)33-23-24)12-25-16(19(29)26(21(25)34)14-5-3-2-4-6-14)11-18(28)22-13-7-9-15(10-8-13)27(31)32/h2-10,16H,11-12H2,1H3,(H-,22,23,28,30)/p+1. The van der Waals surface area contributed by atoms with Crippen LogP contribution in [0, 0.1) is 10.1 Å². The van der Waals surface area contributed by atoms with Crippen molar-refractivity contribution >= 4 is 46.2 Å². The third-order valence-electron chi connectivity index (χ3n) is 5.31. The summed E-state index contributed by atoms with van der Waals surface area (Å²) in [5, 5.41) is 16.0. The molecule has 1 fully saturated rings. The van der Waals surface area contributed by atoms with Gasteiger partial charge in [-0.15, -0.1) is 0 Å². The van der Waals surface area contributed by atoms with Crippen molar-refractivity contribution in [1.82, 2.24) is 10.2 Å². The molecule has 2 N–H and O–H groups in total. The van der Waals surface area contributed by atoms with E-state index in [2.05, 4.69) is 10.6 Å². The van der Waals surface area contributed by atoms with Gasteiger partial charge in [0.05, 0.1) is 17.0 Å². The fourth-order valence-electron chi connectivity index (χ4n) is 3.58. The molecule has 2 amide bonds. The number of aromatic amines is 1. The number of thiocarbonyl (C=S) groups is 1. The number of non-ortho nitro benzene ring substituents is 1. The second kappa shape index (κ2) is 9.23. The Bertz CT molecular complexity index is 1320. The Morgan fingerprint density at radius 1 is 1.21 bits per heavy atom. The Hall–Kier alpha value is -4.39. The highest BCUT2D eigenvalue weighted by Crippen LogP contribution is 2.28. The topological polar surface area (TPSA) is 146 Å². The summed E-state index contributed by atoms with van der Waals surface area (Å²) in [6, 6.07) is 13.1. The van der Waals surface area contributed by atoms with Crippen molar-refractivity contribution in [1.29, 1.82) is 0 Å². The number of rotatable bonds is 7. The Labute approximate surface area is 197 Å². The van der Waals surface area contributed by atoms with Crippen molar-refractivity contribution in [2.24, 2.45) is 7.05 Å². The Morgan fingerprint density at radius 2 is 1.88 bits per heavy atom. The lowest BCUT2D eigenvalue weighted by Gasteiger charge is -2.21. The molecule has 4 rings (SSSR count). The van der Waals surface area contributed by atoms with E-state index in [4.69, 9.17) is 16.7 Å². The van der Waals surface area contributed by atoms with Crippen molar-refractivity contribution in [3.63, 3.8) is 0 Å². The highest BCUT2D eigenvalue weighted by Gasteiger charge is 2.45. The summed E-state index contributed by atoms with van der Waals surface area (Å²) in [5.41, 5.74) is 0.354. The molecule has 12 nitrogen and oxygen atoms in total. The van der Waals surface area contributed by atoms with E-state index in [1.807, 2.05) is 0 Å². The van der Waals surface area contributed by atoms with E-state index in [1.54, 1.807) is 37.4 Å². The number of nitro benzene ring substituents is 1. The van der Waals surface area contributed by atoms with Crippen LogP contribution in [0.25, 0.3) is 0 Å². The van der Waals surface area contributed by atoms with E-state index in [0.29, 0.717) is 11.4 Å². The van der Waals surface area contributed by atoms with Crippen LogP contribution in [0.5, 0.6) is 0 Å². The number of para-hydroxylation sites is 1. The second-order valence-electron chi connectivity index (χ2n) is 7.48. The minimum Gasteiger partial charge on any atom is -0.326 e. The molecule has 0 spiro atoms. The normalized spacial score (nSPS) is 15.6. The largest absolute Gasteiger partial charge is 0.431 e. The molecule has 2 heterocycles. The zero-order valence-corrected chi connectivity index (χ0v) is 18.7. The number of benzene rings is 2.